The van der Waals surface area contributed by atoms with Gasteiger partial charge in [-0.2, -0.15) is 0 Å². The summed E-state index contributed by atoms with van der Waals surface area (Å²) >= 11 is 0. The summed E-state index contributed by atoms with van der Waals surface area (Å²) in [5, 5.41) is 8.80. The minimum atomic E-state index is 0.337. The van der Waals surface area contributed by atoms with Gasteiger partial charge in [-0.25, -0.2) is 0 Å². The van der Waals surface area contributed by atoms with Gasteiger partial charge in [0, 0.05) is 12.6 Å². The van der Waals surface area contributed by atoms with Gasteiger partial charge in [0.25, 0.3) is 0 Å². The zero-order chi connectivity index (χ0) is 7.68. The van der Waals surface area contributed by atoms with Crippen LogP contribution in [0.15, 0.2) is 0 Å². The second-order valence-electron chi connectivity index (χ2n) is 3.81. The van der Waals surface area contributed by atoms with Crippen molar-refractivity contribution in [2.75, 3.05) is 19.7 Å². The summed E-state index contributed by atoms with van der Waals surface area (Å²) in [6, 6.07) is 0.843. The molecule has 2 fully saturated rings. The average molecular weight is 155 g/mol. The maximum atomic E-state index is 8.80. The zero-order valence-corrected chi connectivity index (χ0v) is 7.00. The van der Waals surface area contributed by atoms with Crippen molar-refractivity contribution in [2.45, 2.75) is 31.7 Å². The minimum Gasteiger partial charge on any atom is -0.395 e. The Kier molecular flexibility index (Phi) is 2.14. The van der Waals surface area contributed by atoms with Gasteiger partial charge in [-0.3, -0.25) is 4.90 Å². The van der Waals surface area contributed by atoms with E-state index in [-0.39, 0.29) is 0 Å². The Hall–Kier alpha value is -0.0800. The van der Waals surface area contributed by atoms with Crippen LogP contribution in [0.5, 0.6) is 0 Å². The number of nitrogens with zero attached hydrogens (tertiary/aromatic N) is 1. The van der Waals surface area contributed by atoms with E-state index in [1.165, 1.54) is 32.2 Å². The third-order valence-electron chi connectivity index (χ3n) is 3.25. The van der Waals surface area contributed by atoms with E-state index >= 15 is 0 Å². The summed E-state index contributed by atoms with van der Waals surface area (Å²) < 4.78 is 0. The third kappa shape index (κ3) is 1.30. The Labute approximate surface area is 68.2 Å². The molecule has 0 aromatic carbocycles. The number of hydrogen-bond acceptors (Lipinski definition) is 2. The van der Waals surface area contributed by atoms with Crippen molar-refractivity contribution in [1.29, 1.82) is 0 Å². The molecule has 1 saturated heterocycles. The Balaban J connectivity index is 1.87. The summed E-state index contributed by atoms with van der Waals surface area (Å²) in [7, 11) is 0. The summed E-state index contributed by atoms with van der Waals surface area (Å²) in [6.07, 6.45) is 5.60. The molecule has 2 nitrogen and oxygen atoms in total. The second kappa shape index (κ2) is 3.11. The van der Waals surface area contributed by atoms with E-state index in [1.54, 1.807) is 0 Å². The normalized spacial score (nSPS) is 37.9. The van der Waals surface area contributed by atoms with Gasteiger partial charge in [-0.1, -0.05) is 0 Å². The summed E-state index contributed by atoms with van der Waals surface area (Å²) in [5.41, 5.74) is 0. The molecule has 0 bridgehead atoms. The van der Waals surface area contributed by atoms with Crippen LogP contribution in [0.1, 0.15) is 25.7 Å². The van der Waals surface area contributed by atoms with Gasteiger partial charge in [0.1, 0.15) is 0 Å². The van der Waals surface area contributed by atoms with Crippen LogP contribution in [0, 0.1) is 5.92 Å². The predicted molar refractivity (Wildman–Crippen MR) is 44.4 cm³/mol. The molecule has 2 aliphatic rings. The van der Waals surface area contributed by atoms with Crippen molar-refractivity contribution in [3.63, 3.8) is 0 Å². The molecule has 2 rings (SSSR count). The molecule has 0 spiro atoms. The minimum absolute atomic E-state index is 0.337. The molecular formula is C9H17NO. The fourth-order valence-electron chi connectivity index (χ4n) is 2.50. The lowest BCUT2D eigenvalue weighted by atomic mass is 9.73. The number of fused-ring (bicyclic) bond motifs is 1. The number of aliphatic hydroxyl groups excluding tert-OH is 1. The van der Waals surface area contributed by atoms with Gasteiger partial charge in [0.2, 0.25) is 0 Å². The van der Waals surface area contributed by atoms with Crippen LogP contribution in [0.4, 0.5) is 0 Å². The Morgan fingerprint density at radius 1 is 1.27 bits per heavy atom. The highest BCUT2D eigenvalue weighted by Crippen LogP contribution is 2.38. The first-order valence-electron chi connectivity index (χ1n) is 4.76. The second-order valence-corrected chi connectivity index (χ2v) is 3.81. The molecule has 2 atom stereocenters. The van der Waals surface area contributed by atoms with E-state index in [9.17, 15) is 0 Å². The molecule has 64 valence electrons. The van der Waals surface area contributed by atoms with Crippen LogP contribution < -0.4 is 0 Å². The zero-order valence-electron chi connectivity index (χ0n) is 7.00. The van der Waals surface area contributed by atoms with Crippen molar-refractivity contribution in [3.05, 3.63) is 0 Å². The molecule has 2 heteroatoms. The highest BCUT2D eigenvalue weighted by Gasteiger charge is 2.37. The van der Waals surface area contributed by atoms with Crippen LogP contribution in [-0.2, 0) is 0 Å². The number of hydrogen-bond donors (Lipinski definition) is 1. The van der Waals surface area contributed by atoms with Crippen molar-refractivity contribution in [2.24, 2.45) is 5.92 Å². The van der Waals surface area contributed by atoms with Gasteiger partial charge in [0.05, 0.1) is 6.61 Å². The van der Waals surface area contributed by atoms with E-state index in [0.29, 0.717) is 6.61 Å². The number of likely N-dealkylation sites (tertiary alicyclic amines) is 1. The standard InChI is InChI=1S/C9H17NO/c11-7-6-10-5-1-2-8-3-4-9(8)10/h8-9,11H,1-7H2. The Morgan fingerprint density at radius 2 is 2.18 bits per heavy atom. The van der Waals surface area contributed by atoms with Gasteiger partial charge in [0.15, 0.2) is 0 Å². The molecule has 1 heterocycles. The predicted octanol–water partition coefficient (Wildman–Crippen LogP) is 0.853. The maximum absolute atomic E-state index is 8.80. The van der Waals surface area contributed by atoms with Gasteiger partial charge in [-0.05, 0) is 38.1 Å². The topological polar surface area (TPSA) is 23.5 Å². The number of aliphatic hydroxyl groups is 1. The third-order valence-corrected chi connectivity index (χ3v) is 3.25. The monoisotopic (exact) mass is 155 g/mol. The fourth-order valence-corrected chi connectivity index (χ4v) is 2.50. The SMILES string of the molecule is OCCN1CCCC2CCC21. The molecule has 1 N–H and O–H groups in total. The molecule has 1 aliphatic heterocycles. The molecular weight excluding hydrogens is 138 g/mol. The van der Waals surface area contributed by atoms with Gasteiger partial charge >= 0.3 is 0 Å². The summed E-state index contributed by atoms with van der Waals surface area (Å²) in [4.78, 5) is 2.47. The van der Waals surface area contributed by atoms with E-state index in [1.807, 2.05) is 0 Å². The van der Waals surface area contributed by atoms with Crippen LogP contribution in [-0.4, -0.2) is 35.7 Å². The molecule has 11 heavy (non-hydrogen) atoms. The van der Waals surface area contributed by atoms with E-state index in [2.05, 4.69) is 4.90 Å². The molecule has 0 radical (unpaired) electrons. The Bertz CT molecular complexity index is 136. The smallest absolute Gasteiger partial charge is 0.0558 e. The number of rotatable bonds is 2. The molecule has 0 aromatic rings. The first-order chi connectivity index (χ1) is 5.42. The Morgan fingerprint density at radius 3 is 2.82 bits per heavy atom. The van der Waals surface area contributed by atoms with Crippen LogP contribution >= 0.6 is 0 Å². The van der Waals surface area contributed by atoms with Crippen LogP contribution in [0.2, 0.25) is 0 Å². The number of piperidine rings is 1. The number of β-amino-alcohol motifs (C(OH)–C–C–N with tert-alkyl or cyclic N) is 1. The molecule has 0 aromatic heterocycles. The van der Waals surface area contributed by atoms with E-state index in [0.717, 1.165) is 18.5 Å². The van der Waals surface area contributed by atoms with Crippen LogP contribution in [0.3, 0.4) is 0 Å². The first kappa shape index (κ1) is 7.56. The van der Waals surface area contributed by atoms with Crippen LogP contribution in [0.25, 0.3) is 0 Å². The molecule has 1 aliphatic carbocycles. The maximum Gasteiger partial charge on any atom is 0.0558 e. The first-order valence-corrected chi connectivity index (χ1v) is 4.76. The van der Waals surface area contributed by atoms with Gasteiger partial charge in [-0.15, -0.1) is 0 Å². The lowest BCUT2D eigenvalue weighted by Gasteiger charge is -2.48. The quantitative estimate of drug-likeness (QED) is 0.639. The summed E-state index contributed by atoms with van der Waals surface area (Å²) in [5.74, 6) is 0.982. The average Bonchev–Trinajstić information content (AvgIpc) is 1.94. The highest BCUT2D eigenvalue weighted by atomic mass is 16.3. The van der Waals surface area contributed by atoms with E-state index < -0.39 is 0 Å². The van der Waals surface area contributed by atoms with Crippen molar-refractivity contribution >= 4 is 0 Å². The summed E-state index contributed by atoms with van der Waals surface area (Å²) in [6.45, 7) is 2.46. The lowest BCUT2D eigenvalue weighted by Crippen LogP contribution is -2.51. The largest absolute Gasteiger partial charge is 0.395 e. The van der Waals surface area contributed by atoms with Crippen molar-refractivity contribution in [3.8, 4) is 0 Å². The molecule has 1 saturated carbocycles. The fraction of sp³-hybridized carbons (Fsp3) is 1.00. The lowest BCUT2D eigenvalue weighted by molar-refractivity contribution is 0.0107. The van der Waals surface area contributed by atoms with Crippen molar-refractivity contribution < 1.29 is 5.11 Å². The molecule has 0 amide bonds. The molecule has 2 unspecified atom stereocenters. The highest BCUT2D eigenvalue weighted by molar-refractivity contribution is 4.91. The van der Waals surface area contributed by atoms with E-state index in [4.69, 9.17) is 5.11 Å². The van der Waals surface area contributed by atoms with Crippen molar-refractivity contribution in [1.82, 2.24) is 4.90 Å². The van der Waals surface area contributed by atoms with Gasteiger partial charge < -0.3 is 5.11 Å².